The van der Waals surface area contributed by atoms with Crippen LogP contribution in [0.2, 0.25) is 5.02 Å². The molecule has 1 aromatic heterocycles. The number of aryl methyl sites for hydroxylation is 1. The first-order valence-electron chi connectivity index (χ1n) is 12.0. The van der Waals surface area contributed by atoms with Crippen molar-refractivity contribution in [3.63, 3.8) is 0 Å². The van der Waals surface area contributed by atoms with Crippen LogP contribution in [0.15, 0.2) is 24.7 Å². The van der Waals surface area contributed by atoms with Gasteiger partial charge in [-0.25, -0.2) is 22.6 Å². The number of ether oxygens (including phenoxy) is 1. The van der Waals surface area contributed by atoms with Crippen LogP contribution in [0.1, 0.15) is 56.8 Å². The van der Waals surface area contributed by atoms with Crippen LogP contribution in [-0.4, -0.2) is 58.3 Å². The number of fused-ring (bicyclic) bond motifs is 2. The number of piperidine rings is 1. The number of hydrogen-bond donors (Lipinski definition) is 2. The predicted molar refractivity (Wildman–Crippen MR) is 136 cm³/mol. The number of nitrogens with zero attached hydrogens (tertiary/aromatic N) is 3. The Morgan fingerprint density at radius 1 is 1.22 bits per heavy atom. The SMILES string of the molecule is Cn1cnc(-c2cc(Cl)c(F)c(C(=O)NNS(=O)(=O)CC3CCC4CCC3N4C(=O)OC(C)(C)C)c2)c1. The van der Waals surface area contributed by atoms with E-state index >= 15 is 0 Å². The Labute approximate surface area is 220 Å². The molecule has 0 aliphatic carbocycles. The highest BCUT2D eigenvalue weighted by molar-refractivity contribution is 7.89. The van der Waals surface area contributed by atoms with E-state index in [2.05, 4.69) is 15.2 Å². The van der Waals surface area contributed by atoms with Gasteiger partial charge in [-0.2, -0.15) is 0 Å². The second kappa shape index (κ2) is 10.2. The summed E-state index contributed by atoms with van der Waals surface area (Å²) in [5.74, 6) is -2.61. The summed E-state index contributed by atoms with van der Waals surface area (Å²) < 4.78 is 47.6. The number of imidazole rings is 1. The zero-order valence-electron chi connectivity index (χ0n) is 21.1. The van der Waals surface area contributed by atoms with Gasteiger partial charge in [0.15, 0.2) is 5.82 Å². The van der Waals surface area contributed by atoms with Crippen LogP contribution in [0.3, 0.4) is 0 Å². The fourth-order valence-corrected chi connectivity index (χ4v) is 6.53. The summed E-state index contributed by atoms with van der Waals surface area (Å²) in [6.07, 6.45) is 5.54. The van der Waals surface area contributed by atoms with Crippen LogP contribution >= 0.6 is 11.6 Å². The maximum Gasteiger partial charge on any atom is 0.410 e. The molecule has 2 aliphatic heterocycles. The van der Waals surface area contributed by atoms with Gasteiger partial charge in [-0.1, -0.05) is 11.6 Å². The maximum absolute atomic E-state index is 14.6. The summed E-state index contributed by atoms with van der Waals surface area (Å²) in [7, 11) is -2.25. The number of benzene rings is 1. The van der Waals surface area contributed by atoms with Crippen LogP contribution in [0.25, 0.3) is 11.3 Å². The Morgan fingerprint density at radius 2 is 1.92 bits per heavy atom. The highest BCUT2D eigenvalue weighted by Gasteiger charge is 2.47. The molecule has 3 unspecified atom stereocenters. The quantitative estimate of drug-likeness (QED) is 0.525. The lowest BCUT2D eigenvalue weighted by atomic mass is 9.92. The molecular weight excluding hydrogens is 525 g/mol. The number of sulfonamides is 1. The monoisotopic (exact) mass is 555 g/mol. The zero-order valence-corrected chi connectivity index (χ0v) is 22.7. The van der Waals surface area contributed by atoms with E-state index in [1.54, 1.807) is 49.8 Å². The van der Waals surface area contributed by atoms with Crippen LogP contribution < -0.4 is 10.3 Å². The van der Waals surface area contributed by atoms with Crippen molar-refractivity contribution in [2.45, 2.75) is 64.1 Å². The lowest BCUT2D eigenvalue weighted by Gasteiger charge is -2.40. The van der Waals surface area contributed by atoms with Crippen LogP contribution in [0.5, 0.6) is 0 Å². The molecule has 37 heavy (non-hydrogen) atoms. The molecule has 1 aromatic carbocycles. The molecule has 3 atom stereocenters. The molecule has 3 heterocycles. The van der Waals surface area contributed by atoms with Crippen molar-refractivity contribution < 1.29 is 27.1 Å². The summed E-state index contributed by atoms with van der Waals surface area (Å²) in [5.41, 5.74) is 1.87. The first-order chi connectivity index (χ1) is 17.2. The number of hydrogen-bond acceptors (Lipinski definition) is 6. The largest absolute Gasteiger partial charge is 0.444 e. The number of carbonyl (C=O) groups is 2. The number of aromatic nitrogens is 2. The Kier molecular flexibility index (Phi) is 7.55. The summed E-state index contributed by atoms with van der Waals surface area (Å²) in [6.45, 7) is 5.36. The molecular formula is C24H31ClFN5O5S. The van der Waals surface area contributed by atoms with Gasteiger partial charge in [-0.15, -0.1) is 4.83 Å². The van der Waals surface area contributed by atoms with Gasteiger partial charge in [0, 0.05) is 30.9 Å². The van der Waals surface area contributed by atoms with Crippen LogP contribution in [0, 0.1) is 11.7 Å². The van der Waals surface area contributed by atoms with E-state index in [0.29, 0.717) is 30.5 Å². The number of rotatable bonds is 6. The Balaban J connectivity index is 1.43. The number of carbonyl (C=O) groups excluding carboxylic acids is 2. The molecule has 0 radical (unpaired) electrons. The molecule has 202 valence electrons. The van der Waals surface area contributed by atoms with Crippen molar-refractivity contribution in [3.8, 4) is 11.3 Å². The number of amides is 2. The minimum absolute atomic E-state index is 0.0329. The van der Waals surface area contributed by atoms with Crippen molar-refractivity contribution in [2.24, 2.45) is 13.0 Å². The first-order valence-corrected chi connectivity index (χ1v) is 14.1. The van der Waals surface area contributed by atoms with Crippen molar-refractivity contribution in [1.29, 1.82) is 0 Å². The van der Waals surface area contributed by atoms with E-state index in [4.69, 9.17) is 16.3 Å². The maximum atomic E-state index is 14.6. The summed E-state index contributed by atoms with van der Waals surface area (Å²) >= 11 is 5.98. The molecule has 2 fully saturated rings. The molecule has 4 rings (SSSR count). The molecule has 2 saturated heterocycles. The lowest BCUT2D eigenvalue weighted by molar-refractivity contribution is 0.000480. The zero-order chi connectivity index (χ0) is 27.1. The molecule has 13 heteroatoms. The van der Waals surface area contributed by atoms with Gasteiger partial charge < -0.3 is 14.2 Å². The van der Waals surface area contributed by atoms with Crippen molar-refractivity contribution >= 4 is 33.6 Å². The van der Waals surface area contributed by atoms with E-state index in [-0.39, 0.29) is 28.8 Å². The smallest absolute Gasteiger partial charge is 0.410 e. The minimum Gasteiger partial charge on any atom is -0.444 e. The first kappa shape index (κ1) is 27.3. The Bertz CT molecular complexity index is 1310. The highest BCUT2D eigenvalue weighted by Crippen LogP contribution is 2.40. The third kappa shape index (κ3) is 6.24. The van der Waals surface area contributed by atoms with Gasteiger partial charge in [0.1, 0.15) is 5.60 Å². The minimum atomic E-state index is -4.01. The molecule has 10 nitrogen and oxygen atoms in total. The van der Waals surface area contributed by atoms with E-state index in [0.717, 1.165) is 6.42 Å². The van der Waals surface area contributed by atoms with Gasteiger partial charge in [0.05, 0.1) is 28.4 Å². The van der Waals surface area contributed by atoms with Gasteiger partial charge in [-0.3, -0.25) is 10.2 Å². The molecule has 2 bridgehead atoms. The lowest BCUT2D eigenvalue weighted by Crippen LogP contribution is -2.52. The molecule has 2 N–H and O–H groups in total. The van der Waals surface area contributed by atoms with E-state index in [1.807, 2.05) is 0 Å². The number of nitrogens with one attached hydrogen (secondary N) is 2. The second-order valence-corrected chi connectivity index (χ2v) is 12.8. The summed E-state index contributed by atoms with van der Waals surface area (Å²) in [4.78, 5) is 33.4. The Morgan fingerprint density at radius 3 is 2.57 bits per heavy atom. The van der Waals surface area contributed by atoms with Gasteiger partial charge in [0.25, 0.3) is 5.91 Å². The van der Waals surface area contributed by atoms with E-state index < -0.39 is 39.0 Å². The Hall–Kier alpha value is -2.70. The van der Waals surface area contributed by atoms with E-state index in [9.17, 15) is 22.4 Å². The third-order valence-corrected chi connectivity index (χ3v) is 8.15. The van der Waals surface area contributed by atoms with Crippen molar-refractivity contribution in [3.05, 3.63) is 41.1 Å². The molecule has 0 saturated carbocycles. The van der Waals surface area contributed by atoms with Crippen LogP contribution in [-0.2, 0) is 21.8 Å². The van der Waals surface area contributed by atoms with Crippen molar-refractivity contribution in [2.75, 3.05) is 5.75 Å². The van der Waals surface area contributed by atoms with Crippen LogP contribution in [0.4, 0.5) is 9.18 Å². The predicted octanol–water partition coefficient (Wildman–Crippen LogP) is 3.62. The van der Waals surface area contributed by atoms with Crippen molar-refractivity contribution in [1.82, 2.24) is 24.7 Å². The highest BCUT2D eigenvalue weighted by atomic mass is 35.5. The average molecular weight is 556 g/mol. The van der Waals surface area contributed by atoms with Gasteiger partial charge in [-0.05, 0) is 64.5 Å². The normalized spacial score (nSPS) is 21.7. The number of hydrazine groups is 1. The molecule has 2 amide bonds. The standard InChI is InChI=1S/C24H31ClFN5O5S/c1-24(2,3)36-23(33)31-16-6-5-14(20(31)8-7-16)12-37(34,35)29-28-22(32)17-9-15(10-18(25)21(17)26)19-11-30(4)13-27-19/h9-11,13-14,16,20,29H,5-8,12H2,1-4H3,(H,28,32). The average Bonchev–Trinajstić information content (AvgIpc) is 3.37. The topological polar surface area (TPSA) is 123 Å². The number of halogens is 2. The second-order valence-electron chi connectivity index (χ2n) is 10.6. The fourth-order valence-electron chi connectivity index (χ4n) is 5.03. The third-order valence-electron chi connectivity index (χ3n) is 6.59. The summed E-state index contributed by atoms with van der Waals surface area (Å²) in [5, 5.41) is -0.295. The van der Waals surface area contributed by atoms with E-state index in [1.165, 1.54) is 12.1 Å². The van der Waals surface area contributed by atoms with Gasteiger partial charge in [0.2, 0.25) is 10.0 Å². The fraction of sp³-hybridized carbons (Fsp3) is 0.542. The molecule has 2 aliphatic rings. The van der Waals surface area contributed by atoms with Gasteiger partial charge >= 0.3 is 6.09 Å². The molecule has 0 spiro atoms. The summed E-state index contributed by atoms with van der Waals surface area (Å²) in [6, 6.07) is 2.36. The molecule has 2 aromatic rings.